The van der Waals surface area contributed by atoms with Gasteiger partial charge in [-0.05, 0) is 43.2 Å². The summed E-state index contributed by atoms with van der Waals surface area (Å²) in [5.41, 5.74) is -0.886. The average Bonchev–Trinajstić information content (AvgIpc) is 2.49. The molecule has 0 saturated carbocycles. The minimum Gasteiger partial charge on any atom is -0.346 e. The number of benzene rings is 2. The van der Waals surface area contributed by atoms with E-state index < -0.39 is 33.4 Å². The zero-order valence-electron chi connectivity index (χ0n) is 15.0. The Morgan fingerprint density at radius 2 is 1.62 bits per heavy atom. The van der Waals surface area contributed by atoms with Gasteiger partial charge in [0.1, 0.15) is 6.04 Å². The molecule has 2 N–H and O–H groups in total. The van der Waals surface area contributed by atoms with Gasteiger partial charge in [-0.15, -0.1) is 0 Å². The molecule has 2 rings (SSSR count). The molecule has 1 amide bonds. The third-order valence-corrected chi connectivity index (χ3v) is 4.26. The lowest BCUT2D eigenvalue weighted by Crippen LogP contribution is -2.54. The molecule has 1 atom stereocenters. The fourth-order valence-corrected chi connectivity index (χ4v) is 3.22. The van der Waals surface area contributed by atoms with E-state index in [1.165, 1.54) is 12.1 Å². The highest BCUT2D eigenvalue weighted by Gasteiger charge is 2.50. The normalized spacial score (nSPS) is 14.2. The standard InChI is InChI=1S/C18H22F2N2O3S/c1-17(2,3)21-16(23)18(19,20)15(22-26(4,24)25)14-10-9-12-7-5-6-8-13(12)11-14/h5-11,15,22H,1-4H3,(H,21,23). The van der Waals surface area contributed by atoms with E-state index in [2.05, 4.69) is 5.32 Å². The second kappa shape index (κ2) is 6.92. The molecule has 26 heavy (non-hydrogen) atoms. The maximum absolute atomic E-state index is 14.9. The van der Waals surface area contributed by atoms with Crippen molar-refractivity contribution in [2.45, 2.75) is 38.3 Å². The molecule has 0 bridgehead atoms. The Kier molecular flexibility index (Phi) is 5.39. The van der Waals surface area contributed by atoms with Gasteiger partial charge in [-0.25, -0.2) is 13.1 Å². The Labute approximate surface area is 151 Å². The molecule has 0 spiro atoms. The monoisotopic (exact) mass is 384 g/mol. The Bertz CT molecular complexity index is 921. The molecule has 2 aromatic rings. The molecular weight excluding hydrogens is 362 g/mol. The fraction of sp³-hybridized carbons (Fsp3) is 0.389. The maximum Gasteiger partial charge on any atom is 0.344 e. The van der Waals surface area contributed by atoms with Crippen LogP contribution in [0, 0.1) is 0 Å². The Morgan fingerprint density at radius 1 is 1.04 bits per heavy atom. The lowest BCUT2D eigenvalue weighted by molar-refractivity contribution is -0.151. The maximum atomic E-state index is 14.9. The fourth-order valence-electron chi connectivity index (χ4n) is 2.51. The predicted octanol–water partition coefficient (Wildman–Crippen LogP) is 2.98. The summed E-state index contributed by atoms with van der Waals surface area (Å²) in [6.45, 7) is 4.70. The minimum atomic E-state index is -4.00. The van der Waals surface area contributed by atoms with E-state index in [0.29, 0.717) is 5.39 Å². The molecule has 2 aromatic carbocycles. The Balaban J connectivity index is 2.52. The summed E-state index contributed by atoms with van der Waals surface area (Å²) in [5, 5.41) is 3.69. The van der Waals surface area contributed by atoms with Crippen LogP contribution in [0.15, 0.2) is 42.5 Å². The molecule has 0 aliphatic carbocycles. The van der Waals surface area contributed by atoms with Gasteiger partial charge in [-0.1, -0.05) is 36.4 Å². The molecule has 0 radical (unpaired) electrons. The molecule has 5 nitrogen and oxygen atoms in total. The third-order valence-electron chi connectivity index (χ3n) is 3.59. The highest BCUT2D eigenvalue weighted by molar-refractivity contribution is 7.88. The number of amides is 1. The van der Waals surface area contributed by atoms with E-state index in [4.69, 9.17) is 0 Å². The van der Waals surface area contributed by atoms with E-state index >= 15 is 0 Å². The molecule has 0 aromatic heterocycles. The van der Waals surface area contributed by atoms with E-state index in [-0.39, 0.29) is 5.56 Å². The first-order chi connectivity index (χ1) is 11.8. The highest BCUT2D eigenvalue weighted by Crippen LogP contribution is 2.34. The number of halogens is 2. The van der Waals surface area contributed by atoms with Gasteiger partial charge in [0.05, 0.1) is 6.26 Å². The minimum absolute atomic E-state index is 0.00295. The highest BCUT2D eigenvalue weighted by atomic mass is 32.2. The zero-order chi connectivity index (χ0) is 19.8. The smallest absolute Gasteiger partial charge is 0.344 e. The lowest BCUT2D eigenvalue weighted by Gasteiger charge is -2.30. The van der Waals surface area contributed by atoms with Crippen molar-refractivity contribution >= 4 is 26.7 Å². The summed E-state index contributed by atoms with van der Waals surface area (Å²) in [6, 6.07) is 9.52. The number of fused-ring (bicyclic) bond motifs is 1. The molecule has 0 aliphatic heterocycles. The van der Waals surface area contributed by atoms with Crippen molar-refractivity contribution in [1.82, 2.24) is 10.0 Å². The first-order valence-corrected chi connectivity index (χ1v) is 9.85. The number of rotatable bonds is 5. The van der Waals surface area contributed by atoms with Crippen molar-refractivity contribution in [2.24, 2.45) is 0 Å². The SMILES string of the molecule is CC(C)(C)NC(=O)C(F)(F)C(NS(C)(=O)=O)c1ccc2ccccc2c1. The predicted molar refractivity (Wildman–Crippen MR) is 97.5 cm³/mol. The van der Waals surface area contributed by atoms with Crippen LogP contribution in [0.3, 0.4) is 0 Å². The van der Waals surface area contributed by atoms with Gasteiger partial charge in [0.2, 0.25) is 10.0 Å². The van der Waals surface area contributed by atoms with Crippen LogP contribution < -0.4 is 10.0 Å². The van der Waals surface area contributed by atoms with Crippen molar-refractivity contribution in [1.29, 1.82) is 0 Å². The zero-order valence-corrected chi connectivity index (χ0v) is 15.8. The van der Waals surface area contributed by atoms with E-state index in [1.807, 2.05) is 10.8 Å². The second-order valence-corrected chi connectivity index (χ2v) is 9.04. The van der Waals surface area contributed by atoms with Gasteiger partial charge in [0.25, 0.3) is 5.91 Å². The van der Waals surface area contributed by atoms with E-state index in [9.17, 15) is 22.0 Å². The first-order valence-electron chi connectivity index (χ1n) is 7.96. The van der Waals surface area contributed by atoms with Gasteiger partial charge in [0, 0.05) is 5.54 Å². The van der Waals surface area contributed by atoms with Crippen LogP contribution in [0.25, 0.3) is 10.8 Å². The molecule has 0 aliphatic rings. The number of alkyl halides is 2. The third kappa shape index (κ3) is 4.98. The molecule has 0 saturated heterocycles. The van der Waals surface area contributed by atoms with E-state index in [0.717, 1.165) is 11.6 Å². The summed E-state index contributed by atoms with van der Waals surface area (Å²) in [5.74, 6) is -5.53. The molecule has 0 heterocycles. The van der Waals surface area contributed by atoms with Gasteiger partial charge >= 0.3 is 5.92 Å². The van der Waals surface area contributed by atoms with Crippen LogP contribution in [0.1, 0.15) is 32.4 Å². The molecular formula is C18H22F2N2O3S. The van der Waals surface area contributed by atoms with Crippen molar-refractivity contribution in [3.8, 4) is 0 Å². The number of hydrogen-bond donors (Lipinski definition) is 2. The summed E-state index contributed by atoms with van der Waals surface area (Å²) >= 11 is 0. The lowest BCUT2D eigenvalue weighted by atomic mass is 9.97. The van der Waals surface area contributed by atoms with Crippen LogP contribution >= 0.6 is 0 Å². The first kappa shape index (κ1) is 20.3. The largest absolute Gasteiger partial charge is 0.346 e. The van der Waals surface area contributed by atoms with E-state index in [1.54, 1.807) is 45.0 Å². The number of sulfonamides is 1. The number of nitrogens with one attached hydrogen (secondary N) is 2. The van der Waals surface area contributed by atoms with Gasteiger partial charge in [0.15, 0.2) is 0 Å². The molecule has 8 heteroatoms. The molecule has 1 unspecified atom stereocenters. The van der Waals surface area contributed by atoms with Gasteiger partial charge in [-0.2, -0.15) is 8.78 Å². The van der Waals surface area contributed by atoms with Crippen molar-refractivity contribution in [2.75, 3.05) is 6.26 Å². The van der Waals surface area contributed by atoms with Crippen molar-refractivity contribution in [3.63, 3.8) is 0 Å². The average molecular weight is 384 g/mol. The van der Waals surface area contributed by atoms with Crippen LogP contribution in [0.4, 0.5) is 8.78 Å². The number of hydrogen-bond acceptors (Lipinski definition) is 3. The van der Waals surface area contributed by atoms with Gasteiger partial charge < -0.3 is 5.32 Å². The summed E-state index contributed by atoms with van der Waals surface area (Å²) in [7, 11) is -4.00. The molecule has 0 fully saturated rings. The Hall–Kier alpha value is -2.06. The second-order valence-electron chi connectivity index (χ2n) is 7.26. The molecule has 142 valence electrons. The Morgan fingerprint density at radius 3 is 2.15 bits per heavy atom. The topological polar surface area (TPSA) is 75.3 Å². The number of carbonyl (C=O) groups excluding carboxylic acids is 1. The van der Waals surface area contributed by atoms with Crippen LogP contribution in [0.2, 0.25) is 0 Å². The van der Waals surface area contributed by atoms with Crippen LogP contribution in [0.5, 0.6) is 0 Å². The van der Waals surface area contributed by atoms with Crippen molar-refractivity contribution in [3.05, 3.63) is 48.0 Å². The number of carbonyl (C=O) groups is 1. The van der Waals surface area contributed by atoms with Gasteiger partial charge in [-0.3, -0.25) is 4.79 Å². The summed E-state index contributed by atoms with van der Waals surface area (Å²) in [6.07, 6.45) is 0.777. The summed E-state index contributed by atoms with van der Waals surface area (Å²) < 4.78 is 55.0. The summed E-state index contributed by atoms with van der Waals surface area (Å²) in [4.78, 5) is 12.1. The van der Waals surface area contributed by atoms with Crippen molar-refractivity contribution < 1.29 is 22.0 Å². The van der Waals surface area contributed by atoms with Crippen LogP contribution in [-0.2, 0) is 14.8 Å². The quantitative estimate of drug-likeness (QED) is 0.832. The van der Waals surface area contributed by atoms with Crippen LogP contribution in [-0.4, -0.2) is 32.0 Å².